The molecule has 0 aliphatic heterocycles. The van der Waals surface area contributed by atoms with Crippen molar-refractivity contribution in [2.24, 2.45) is 0 Å². The van der Waals surface area contributed by atoms with E-state index in [9.17, 15) is 0 Å². The van der Waals surface area contributed by atoms with Crippen molar-refractivity contribution in [3.8, 4) is 5.75 Å². The summed E-state index contributed by atoms with van der Waals surface area (Å²) < 4.78 is 6.20. The van der Waals surface area contributed by atoms with Gasteiger partial charge in [0.05, 0.1) is 11.6 Å². The Labute approximate surface area is 98.4 Å². The van der Waals surface area contributed by atoms with Crippen LogP contribution in [0.4, 0.5) is 0 Å². The van der Waals surface area contributed by atoms with Gasteiger partial charge in [-0.05, 0) is 40.5 Å². The van der Waals surface area contributed by atoms with Gasteiger partial charge >= 0.3 is 0 Å². The van der Waals surface area contributed by atoms with Gasteiger partial charge in [0.25, 0.3) is 0 Å². The molecule has 0 aliphatic rings. The van der Waals surface area contributed by atoms with Crippen LogP contribution in [0.1, 0.15) is 20.3 Å². The molecule has 1 aromatic rings. The van der Waals surface area contributed by atoms with E-state index in [2.05, 4.69) is 41.9 Å². The molecule has 0 amide bonds. The molecule has 1 unspecified atom stereocenters. The van der Waals surface area contributed by atoms with Crippen LogP contribution in [-0.4, -0.2) is 12.4 Å². The molecule has 1 nitrogen and oxygen atoms in total. The van der Waals surface area contributed by atoms with Gasteiger partial charge in [-0.25, -0.2) is 0 Å². The summed E-state index contributed by atoms with van der Waals surface area (Å²) in [6, 6.07) is 6.20. The summed E-state index contributed by atoms with van der Waals surface area (Å²) in [5, 5.41) is 0.662. The summed E-state index contributed by atoms with van der Waals surface area (Å²) in [6.45, 7) is 4.44. The van der Waals surface area contributed by atoms with Crippen molar-refractivity contribution in [1.82, 2.24) is 0 Å². The molecule has 0 saturated carbocycles. The van der Waals surface area contributed by atoms with Crippen LogP contribution < -0.4 is 4.74 Å². The second-order valence-corrected chi connectivity index (χ2v) is 5.50. The number of ether oxygens (including phenoxy) is 1. The summed E-state index contributed by atoms with van der Waals surface area (Å²) in [7, 11) is 1.68. The van der Waals surface area contributed by atoms with E-state index in [4.69, 9.17) is 4.74 Å². The predicted octanol–water partition coefficient (Wildman–Crippen LogP) is 4.35. The third-order valence-electron chi connectivity index (χ3n) is 2.04. The minimum Gasteiger partial charge on any atom is -0.496 e. The highest BCUT2D eigenvalue weighted by atomic mass is 79.9. The number of benzene rings is 1. The average molecular weight is 275 g/mol. The van der Waals surface area contributed by atoms with Gasteiger partial charge in [-0.3, -0.25) is 0 Å². The fourth-order valence-electron chi connectivity index (χ4n) is 1.04. The molecule has 0 N–H and O–H groups in total. The van der Waals surface area contributed by atoms with E-state index in [1.807, 2.05) is 17.8 Å². The van der Waals surface area contributed by atoms with Gasteiger partial charge < -0.3 is 4.74 Å². The Morgan fingerprint density at radius 2 is 2.21 bits per heavy atom. The van der Waals surface area contributed by atoms with Crippen molar-refractivity contribution in [2.75, 3.05) is 7.11 Å². The molecule has 0 aliphatic carbocycles. The Morgan fingerprint density at radius 3 is 2.71 bits per heavy atom. The maximum atomic E-state index is 5.18. The van der Waals surface area contributed by atoms with E-state index < -0.39 is 0 Å². The summed E-state index contributed by atoms with van der Waals surface area (Å²) in [6.07, 6.45) is 1.19. The first-order valence-corrected chi connectivity index (χ1v) is 6.34. The van der Waals surface area contributed by atoms with Crippen LogP contribution in [0, 0.1) is 0 Å². The van der Waals surface area contributed by atoms with Gasteiger partial charge in [-0.15, -0.1) is 11.8 Å². The van der Waals surface area contributed by atoms with Crippen LogP contribution in [0.25, 0.3) is 0 Å². The fraction of sp³-hybridized carbons (Fsp3) is 0.455. The Hall–Kier alpha value is -0.150. The van der Waals surface area contributed by atoms with Crippen LogP contribution in [0.5, 0.6) is 5.75 Å². The smallest absolute Gasteiger partial charge is 0.133 e. The third kappa shape index (κ3) is 3.21. The van der Waals surface area contributed by atoms with E-state index in [1.165, 1.54) is 11.3 Å². The van der Waals surface area contributed by atoms with Gasteiger partial charge in [-0.2, -0.15) is 0 Å². The van der Waals surface area contributed by atoms with E-state index in [0.29, 0.717) is 5.25 Å². The van der Waals surface area contributed by atoms with Crippen LogP contribution >= 0.6 is 27.7 Å². The number of hydrogen-bond donors (Lipinski definition) is 0. The van der Waals surface area contributed by atoms with Crippen molar-refractivity contribution in [1.29, 1.82) is 0 Å². The van der Waals surface area contributed by atoms with Gasteiger partial charge in [0.15, 0.2) is 0 Å². The summed E-state index contributed by atoms with van der Waals surface area (Å²) in [5.41, 5.74) is 0. The number of halogens is 1. The largest absolute Gasteiger partial charge is 0.496 e. The minimum absolute atomic E-state index is 0.662. The quantitative estimate of drug-likeness (QED) is 0.755. The summed E-state index contributed by atoms with van der Waals surface area (Å²) >= 11 is 5.37. The molecular formula is C11H15BrOS. The lowest BCUT2D eigenvalue weighted by Gasteiger charge is -2.09. The topological polar surface area (TPSA) is 9.23 Å². The first kappa shape index (κ1) is 11.9. The molecule has 0 radical (unpaired) electrons. The first-order valence-electron chi connectivity index (χ1n) is 4.67. The standard InChI is InChI=1S/C11H15BrOS/c1-4-8(2)14-9-5-6-11(13-3)10(12)7-9/h5-8H,4H2,1-3H3. The molecule has 0 heterocycles. The highest BCUT2D eigenvalue weighted by Gasteiger charge is 2.04. The van der Waals surface area contributed by atoms with Gasteiger partial charge in [0.1, 0.15) is 5.75 Å². The molecule has 1 rings (SSSR count). The normalized spacial score (nSPS) is 12.6. The van der Waals surface area contributed by atoms with Crippen molar-refractivity contribution >= 4 is 27.7 Å². The molecule has 1 aromatic carbocycles. The zero-order chi connectivity index (χ0) is 10.6. The zero-order valence-corrected chi connectivity index (χ0v) is 11.1. The zero-order valence-electron chi connectivity index (χ0n) is 8.71. The maximum absolute atomic E-state index is 5.18. The second kappa shape index (κ2) is 5.66. The Balaban J connectivity index is 2.76. The second-order valence-electron chi connectivity index (χ2n) is 3.13. The minimum atomic E-state index is 0.662. The van der Waals surface area contributed by atoms with Crippen molar-refractivity contribution < 1.29 is 4.74 Å². The molecule has 3 heteroatoms. The number of thioether (sulfide) groups is 1. The Morgan fingerprint density at radius 1 is 1.50 bits per heavy atom. The molecular weight excluding hydrogens is 260 g/mol. The van der Waals surface area contributed by atoms with Crippen LogP contribution in [0.3, 0.4) is 0 Å². The van der Waals surface area contributed by atoms with Crippen molar-refractivity contribution in [2.45, 2.75) is 30.4 Å². The van der Waals surface area contributed by atoms with Gasteiger partial charge in [-0.1, -0.05) is 13.8 Å². The molecule has 0 fully saturated rings. The predicted molar refractivity (Wildman–Crippen MR) is 66.3 cm³/mol. The average Bonchev–Trinajstić information content (AvgIpc) is 2.18. The maximum Gasteiger partial charge on any atom is 0.133 e. The van der Waals surface area contributed by atoms with Gasteiger partial charge in [0.2, 0.25) is 0 Å². The summed E-state index contributed by atoms with van der Waals surface area (Å²) in [5.74, 6) is 0.888. The van der Waals surface area contributed by atoms with Crippen molar-refractivity contribution in [3.05, 3.63) is 22.7 Å². The fourth-order valence-corrected chi connectivity index (χ4v) is 2.69. The van der Waals surface area contributed by atoms with E-state index >= 15 is 0 Å². The van der Waals surface area contributed by atoms with Gasteiger partial charge in [0, 0.05) is 10.1 Å². The molecule has 1 atom stereocenters. The van der Waals surface area contributed by atoms with E-state index in [0.717, 1.165) is 10.2 Å². The van der Waals surface area contributed by atoms with Crippen LogP contribution in [0.15, 0.2) is 27.6 Å². The first-order chi connectivity index (χ1) is 6.67. The SMILES string of the molecule is CCC(C)Sc1ccc(OC)c(Br)c1. The lowest BCUT2D eigenvalue weighted by molar-refractivity contribution is 0.412. The number of methoxy groups -OCH3 is 1. The lowest BCUT2D eigenvalue weighted by Crippen LogP contribution is -1.92. The molecule has 14 heavy (non-hydrogen) atoms. The third-order valence-corrected chi connectivity index (χ3v) is 3.92. The molecule has 0 spiro atoms. The van der Waals surface area contributed by atoms with Crippen molar-refractivity contribution in [3.63, 3.8) is 0 Å². The highest BCUT2D eigenvalue weighted by molar-refractivity contribution is 9.10. The molecule has 0 saturated heterocycles. The van der Waals surface area contributed by atoms with E-state index in [1.54, 1.807) is 7.11 Å². The number of rotatable bonds is 4. The van der Waals surface area contributed by atoms with Crippen LogP contribution in [-0.2, 0) is 0 Å². The monoisotopic (exact) mass is 274 g/mol. The summed E-state index contributed by atoms with van der Waals surface area (Å²) in [4.78, 5) is 1.28. The van der Waals surface area contributed by atoms with E-state index in [-0.39, 0.29) is 0 Å². The van der Waals surface area contributed by atoms with Crippen LogP contribution in [0.2, 0.25) is 0 Å². The molecule has 0 bridgehead atoms. The Kier molecular flexibility index (Phi) is 4.82. The highest BCUT2D eigenvalue weighted by Crippen LogP contribution is 2.32. The molecule has 0 aromatic heterocycles. The number of hydrogen-bond acceptors (Lipinski definition) is 2. The lowest BCUT2D eigenvalue weighted by atomic mass is 10.3. The Bertz CT molecular complexity index is 301. The molecule has 78 valence electrons.